The van der Waals surface area contributed by atoms with Crippen molar-refractivity contribution in [3.63, 3.8) is 0 Å². The molecule has 0 unspecified atom stereocenters. The van der Waals surface area contributed by atoms with Crippen molar-refractivity contribution in [2.45, 2.75) is 25.3 Å². The first-order valence-corrected chi connectivity index (χ1v) is 6.01. The summed E-state index contributed by atoms with van der Waals surface area (Å²) in [6.45, 7) is 0.589. The van der Waals surface area contributed by atoms with Crippen LogP contribution in [-0.2, 0) is 6.54 Å². The molecular weight excluding hydrogens is 238 g/mol. The average Bonchev–Trinajstić information content (AvgIpc) is 3.08. The number of hydrogen-bond acceptors (Lipinski definition) is 4. The molecule has 3 rings (SSSR count). The molecule has 17 heavy (non-hydrogen) atoms. The van der Waals surface area contributed by atoms with Crippen molar-refractivity contribution < 1.29 is 4.42 Å². The molecule has 0 aliphatic heterocycles. The molecule has 0 amide bonds. The summed E-state index contributed by atoms with van der Waals surface area (Å²) < 4.78 is 5.49. The van der Waals surface area contributed by atoms with E-state index in [0.29, 0.717) is 18.5 Å². The van der Waals surface area contributed by atoms with Crippen LogP contribution in [-0.4, -0.2) is 10.2 Å². The van der Waals surface area contributed by atoms with Gasteiger partial charge < -0.3 is 9.73 Å². The van der Waals surface area contributed by atoms with Gasteiger partial charge in [0, 0.05) is 17.5 Å². The summed E-state index contributed by atoms with van der Waals surface area (Å²) in [5.41, 5.74) is 1.01. The minimum atomic E-state index is 0.465. The van der Waals surface area contributed by atoms with Crippen LogP contribution in [0, 0.1) is 0 Å². The minimum absolute atomic E-state index is 0.465. The zero-order valence-corrected chi connectivity index (χ0v) is 9.94. The lowest BCUT2D eigenvalue weighted by atomic mass is 10.2. The van der Waals surface area contributed by atoms with E-state index in [1.165, 1.54) is 0 Å². The molecule has 1 aliphatic carbocycles. The Morgan fingerprint density at radius 3 is 2.88 bits per heavy atom. The maximum Gasteiger partial charge on any atom is 0.315 e. The van der Waals surface area contributed by atoms with Crippen molar-refractivity contribution in [1.29, 1.82) is 0 Å². The van der Waals surface area contributed by atoms with Crippen LogP contribution in [0.25, 0.3) is 0 Å². The van der Waals surface area contributed by atoms with E-state index in [2.05, 4.69) is 15.5 Å². The van der Waals surface area contributed by atoms with Gasteiger partial charge >= 0.3 is 6.01 Å². The smallest absolute Gasteiger partial charge is 0.315 e. The molecule has 1 heterocycles. The van der Waals surface area contributed by atoms with Gasteiger partial charge in [0.15, 0.2) is 0 Å². The van der Waals surface area contributed by atoms with Gasteiger partial charge in [-0.15, -0.1) is 5.10 Å². The summed E-state index contributed by atoms with van der Waals surface area (Å²) in [6.07, 6.45) is 2.32. The molecule has 0 radical (unpaired) electrons. The summed E-state index contributed by atoms with van der Waals surface area (Å²) in [5.74, 6) is 1.23. The van der Waals surface area contributed by atoms with E-state index in [9.17, 15) is 0 Å². The third-order valence-corrected chi connectivity index (χ3v) is 3.12. The fraction of sp³-hybridized carbons (Fsp3) is 0.333. The Labute approximate surface area is 104 Å². The molecule has 0 bridgehead atoms. The Morgan fingerprint density at radius 1 is 1.29 bits per heavy atom. The predicted molar refractivity (Wildman–Crippen MR) is 65.1 cm³/mol. The molecule has 0 atom stereocenters. The normalized spacial score (nSPS) is 14.9. The zero-order valence-electron chi connectivity index (χ0n) is 9.19. The topological polar surface area (TPSA) is 51.0 Å². The molecule has 88 valence electrons. The highest BCUT2D eigenvalue weighted by molar-refractivity contribution is 6.31. The summed E-state index contributed by atoms with van der Waals surface area (Å²) in [5, 5.41) is 11.8. The maximum absolute atomic E-state index is 6.05. The van der Waals surface area contributed by atoms with Gasteiger partial charge in [-0.05, 0) is 24.5 Å². The molecule has 1 aromatic carbocycles. The Balaban J connectivity index is 1.65. The van der Waals surface area contributed by atoms with Crippen LogP contribution in [0.5, 0.6) is 0 Å². The van der Waals surface area contributed by atoms with E-state index in [4.69, 9.17) is 16.0 Å². The number of nitrogens with zero attached hydrogens (tertiary/aromatic N) is 2. The number of hydrogen-bond donors (Lipinski definition) is 1. The van der Waals surface area contributed by atoms with Crippen molar-refractivity contribution in [3.8, 4) is 0 Å². The highest BCUT2D eigenvalue weighted by atomic mass is 35.5. The van der Waals surface area contributed by atoms with Gasteiger partial charge in [0.05, 0.1) is 0 Å². The van der Waals surface area contributed by atoms with Crippen LogP contribution in [0.4, 0.5) is 6.01 Å². The fourth-order valence-corrected chi connectivity index (χ4v) is 1.82. The van der Waals surface area contributed by atoms with Crippen LogP contribution in [0.2, 0.25) is 5.02 Å². The van der Waals surface area contributed by atoms with Gasteiger partial charge in [0.1, 0.15) is 0 Å². The minimum Gasteiger partial charge on any atom is -0.408 e. The Kier molecular flexibility index (Phi) is 2.73. The molecular formula is C12H12ClN3O. The van der Waals surface area contributed by atoms with Crippen LogP contribution in [0.15, 0.2) is 28.7 Å². The van der Waals surface area contributed by atoms with Crippen LogP contribution in [0.3, 0.4) is 0 Å². The number of rotatable bonds is 4. The summed E-state index contributed by atoms with van der Waals surface area (Å²) >= 11 is 6.05. The van der Waals surface area contributed by atoms with Crippen molar-refractivity contribution in [1.82, 2.24) is 10.2 Å². The van der Waals surface area contributed by atoms with E-state index in [0.717, 1.165) is 29.3 Å². The van der Waals surface area contributed by atoms with Gasteiger partial charge in [-0.2, -0.15) is 0 Å². The average molecular weight is 250 g/mol. The molecule has 1 aliphatic rings. The largest absolute Gasteiger partial charge is 0.408 e. The summed E-state index contributed by atoms with van der Waals surface area (Å²) in [6, 6.07) is 8.15. The quantitative estimate of drug-likeness (QED) is 0.904. The molecule has 1 fully saturated rings. The number of benzene rings is 1. The standard InChI is InChI=1S/C12H12ClN3O/c13-10-4-2-1-3-9(10)7-14-12-16-15-11(17-12)8-5-6-8/h1-4,8H,5-7H2,(H,14,16). The third-order valence-electron chi connectivity index (χ3n) is 2.76. The second kappa shape index (κ2) is 4.37. The van der Waals surface area contributed by atoms with Crippen molar-refractivity contribution in [2.24, 2.45) is 0 Å². The highest BCUT2D eigenvalue weighted by Gasteiger charge is 2.29. The lowest BCUT2D eigenvalue weighted by Gasteiger charge is -2.03. The van der Waals surface area contributed by atoms with Crippen LogP contribution < -0.4 is 5.32 Å². The van der Waals surface area contributed by atoms with E-state index < -0.39 is 0 Å². The van der Waals surface area contributed by atoms with Crippen molar-refractivity contribution in [3.05, 3.63) is 40.7 Å². The molecule has 1 aromatic heterocycles. The van der Waals surface area contributed by atoms with Gasteiger partial charge in [-0.25, -0.2) is 0 Å². The molecule has 5 heteroatoms. The molecule has 1 saturated carbocycles. The molecule has 1 N–H and O–H groups in total. The summed E-state index contributed by atoms with van der Waals surface area (Å²) in [7, 11) is 0. The Bertz CT molecular complexity index is 522. The molecule has 0 spiro atoms. The van der Waals surface area contributed by atoms with Crippen LogP contribution >= 0.6 is 11.6 Å². The zero-order chi connectivity index (χ0) is 11.7. The lowest BCUT2D eigenvalue weighted by molar-refractivity contribution is 0.507. The fourth-order valence-electron chi connectivity index (χ4n) is 1.61. The van der Waals surface area contributed by atoms with Crippen LogP contribution in [0.1, 0.15) is 30.2 Å². The third kappa shape index (κ3) is 2.42. The van der Waals surface area contributed by atoms with Gasteiger partial charge in [-0.1, -0.05) is 34.9 Å². The second-order valence-corrected chi connectivity index (χ2v) is 4.57. The van der Waals surface area contributed by atoms with Crippen molar-refractivity contribution in [2.75, 3.05) is 5.32 Å². The van der Waals surface area contributed by atoms with E-state index >= 15 is 0 Å². The number of halogens is 1. The number of anilines is 1. The molecule has 4 nitrogen and oxygen atoms in total. The first kappa shape index (κ1) is 10.6. The monoisotopic (exact) mass is 249 g/mol. The van der Waals surface area contributed by atoms with E-state index in [1.807, 2.05) is 24.3 Å². The first-order chi connectivity index (χ1) is 8.33. The predicted octanol–water partition coefficient (Wildman–Crippen LogP) is 3.21. The highest BCUT2D eigenvalue weighted by Crippen LogP contribution is 2.39. The molecule has 2 aromatic rings. The lowest BCUT2D eigenvalue weighted by Crippen LogP contribution is -1.99. The van der Waals surface area contributed by atoms with Gasteiger partial charge in [0.25, 0.3) is 0 Å². The Morgan fingerprint density at radius 2 is 2.12 bits per heavy atom. The second-order valence-electron chi connectivity index (χ2n) is 4.16. The Hall–Kier alpha value is -1.55. The maximum atomic E-state index is 6.05. The molecule has 0 saturated heterocycles. The number of aromatic nitrogens is 2. The number of nitrogens with one attached hydrogen (secondary N) is 1. The summed E-state index contributed by atoms with van der Waals surface area (Å²) in [4.78, 5) is 0. The van der Waals surface area contributed by atoms with Gasteiger partial charge in [-0.3, -0.25) is 0 Å². The van der Waals surface area contributed by atoms with Gasteiger partial charge in [0.2, 0.25) is 5.89 Å². The van der Waals surface area contributed by atoms with E-state index in [1.54, 1.807) is 0 Å². The SMILES string of the molecule is Clc1ccccc1CNc1nnc(C2CC2)o1. The van der Waals surface area contributed by atoms with Crippen molar-refractivity contribution >= 4 is 17.6 Å². The van der Waals surface area contributed by atoms with E-state index in [-0.39, 0.29) is 0 Å². The first-order valence-electron chi connectivity index (χ1n) is 5.63.